The fourth-order valence-corrected chi connectivity index (χ4v) is 15.8. The molecular weight excluding hydrogens is 821 g/mol. The number of esters is 2. The number of nitrogens with two attached hydrogens (primary N) is 2. The zero-order chi connectivity index (χ0) is 45.6. The Kier molecular flexibility index (Phi) is 13.2. The minimum Gasteiger partial charge on any atom is -0.458 e. The van der Waals surface area contributed by atoms with E-state index in [0.717, 1.165) is 76.3 Å². The van der Waals surface area contributed by atoms with Crippen LogP contribution in [-0.4, -0.2) is 98.3 Å². The number of nitrogens with zero attached hydrogens (tertiary/aromatic N) is 2. The maximum absolute atomic E-state index is 14.1. The summed E-state index contributed by atoms with van der Waals surface area (Å²) in [6, 6.07) is -0.479. The van der Waals surface area contributed by atoms with Crippen molar-refractivity contribution in [2.45, 2.75) is 142 Å². The van der Waals surface area contributed by atoms with Crippen molar-refractivity contribution in [3.63, 3.8) is 0 Å². The lowest BCUT2D eigenvalue weighted by molar-refractivity contribution is -0.184. The van der Waals surface area contributed by atoms with Crippen LogP contribution in [0.4, 0.5) is 0 Å². The molecule has 16 heteroatoms. The molecule has 16 atom stereocenters. The maximum Gasteiger partial charge on any atom is 0.331 e. The summed E-state index contributed by atoms with van der Waals surface area (Å²) in [4.78, 5) is 90.0. The monoisotopic (exact) mass is 891 g/mol. The van der Waals surface area contributed by atoms with Crippen LogP contribution >= 0.6 is 0 Å². The Morgan fingerprint density at radius 3 is 1.41 bits per heavy atom. The lowest BCUT2D eigenvalue weighted by atomic mass is 9.43. The summed E-state index contributed by atoms with van der Waals surface area (Å²) < 4.78 is 12.9. The largest absolute Gasteiger partial charge is 0.458 e. The summed E-state index contributed by atoms with van der Waals surface area (Å²) in [5.74, 6) is -0.204. The number of nitrogens with one attached hydrogen (secondary N) is 2. The van der Waals surface area contributed by atoms with Crippen molar-refractivity contribution in [1.29, 1.82) is 0 Å². The summed E-state index contributed by atoms with van der Waals surface area (Å²) in [7, 11) is 0. The number of rotatable bonds is 14. The van der Waals surface area contributed by atoms with Crippen LogP contribution in [0.25, 0.3) is 0 Å². The van der Waals surface area contributed by atoms with E-state index in [0.29, 0.717) is 61.5 Å². The normalized spacial score (nSPS) is 44.7. The summed E-state index contributed by atoms with van der Waals surface area (Å²) in [5.41, 5.74) is 10.8. The van der Waals surface area contributed by atoms with Crippen molar-refractivity contribution in [2.24, 2.45) is 90.8 Å². The van der Waals surface area contributed by atoms with E-state index >= 15 is 0 Å². The topological polar surface area (TPSA) is 240 Å². The zero-order valence-electron chi connectivity index (χ0n) is 38.1. The summed E-state index contributed by atoms with van der Waals surface area (Å²) >= 11 is 0. The van der Waals surface area contributed by atoms with Crippen LogP contribution in [0.5, 0.6) is 0 Å². The highest BCUT2D eigenvalue weighted by molar-refractivity contribution is 5.93. The molecule has 6 unspecified atom stereocenters. The molecule has 8 aliphatic rings. The fourth-order valence-electron chi connectivity index (χ4n) is 15.8. The Bertz CT molecular complexity index is 1810. The number of carbonyl (C=O) groups excluding carboxylic acids is 6. The van der Waals surface area contributed by atoms with E-state index in [1.54, 1.807) is 0 Å². The first-order chi connectivity index (χ1) is 30.7. The van der Waals surface area contributed by atoms with Crippen molar-refractivity contribution in [1.82, 2.24) is 10.6 Å². The second-order valence-electron chi connectivity index (χ2n) is 21.3. The van der Waals surface area contributed by atoms with Gasteiger partial charge >= 0.3 is 11.9 Å². The third kappa shape index (κ3) is 7.79. The summed E-state index contributed by atoms with van der Waals surface area (Å²) in [5, 5.41) is 15.1. The van der Waals surface area contributed by atoms with Gasteiger partial charge in [0.15, 0.2) is 0 Å². The number of Topliss-reactive ketones (excluding diaryl/α,β-unsaturated/α-hetero) is 2. The van der Waals surface area contributed by atoms with Crippen LogP contribution in [0.15, 0.2) is 22.5 Å². The molecule has 8 fully saturated rings. The molecule has 2 amide bonds. The second-order valence-corrected chi connectivity index (χ2v) is 21.3. The number of oxime groups is 2. The molecule has 8 saturated carbocycles. The molecular formula is C48H70N6O10. The molecule has 64 heavy (non-hydrogen) atoms. The average molecular weight is 891 g/mol. The van der Waals surface area contributed by atoms with Gasteiger partial charge in [0.25, 0.3) is 0 Å². The quantitative estimate of drug-likeness (QED) is 0.0638. The van der Waals surface area contributed by atoms with Gasteiger partial charge in [-0.25, -0.2) is 9.59 Å². The third-order valence-electron chi connectivity index (χ3n) is 18.9. The van der Waals surface area contributed by atoms with E-state index in [9.17, 15) is 28.8 Å². The van der Waals surface area contributed by atoms with E-state index in [1.807, 2.05) is 0 Å². The third-order valence-corrected chi connectivity index (χ3v) is 18.9. The molecule has 6 N–H and O–H groups in total. The Morgan fingerprint density at radius 2 is 1.03 bits per heavy atom. The smallest absolute Gasteiger partial charge is 0.331 e. The van der Waals surface area contributed by atoms with Gasteiger partial charge in [0, 0.05) is 84.7 Å². The molecule has 8 aliphatic carbocycles. The lowest BCUT2D eigenvalue weighted by Gasteiger charge is -2.63. The first-order valence-corrected chi connectivity index (χ1v) is 24.0. The number of ketones is 2. The van der Waals surface area contributed by atoms with E-state index in [2.05, 4.69) is 48.6 Å². The molecule has 0 spiro atoms. The summed E-state index contributed by atoms with van der Waals surface area (Å²) in [6.45, 7) is 9.55. The predicted octanol–water partition coefficient (Wildman–Crippen LogP) is 3.92. The van der Waals surface area contributed by atoms with Gasteiger partial charge in [0.1, 0.15) is 37.0 Å². The van der Waals surface area contributed by atoms with Crippen LogP contribution in [0.1, 0.15) is 118 Å². The first-order valence-electron chi connectivity index (χ1n) is 24.0. The van der Waals surface area contributed by atoms with E-state index in [4.69, 9.17) is 30.6 Å². The molecule has 0 aromatic heterocycles. The summed E-state index contributed by atoms with van der Waals surface area (Å²) in [6.07, 6.45) is 11.4. The molecule has 0 radical (unpaired) electrons. The maximum atomic E-state index is 14.1. The van der Waals surface area contributed by atoms with E-state index in [1.165, 1.54) is 0 Å². The Morgan fingerprint density at radius 1 is 0.625 bits per heavy atom. The molecule has 352 valence electrons. The van der Waals surface area contributed by atoms with Gasteiger partial charge in [0.2, 0.25) is 12.8 Å². The first kappa shape index (κ1) is 46.4. The highest BCUT2D eigenvalue weighted by Crippen LogP contribution is 2.67. The average Bonchev–Trinajstić information content (AvgIpc) is 3.75. The predicted molar refractivity (Wildman–Crippen MR) is 235 cm³/mol. The Balaban J connectivity index is 1.06. The van der Waals surface area contributed by atoms with Crippen molar-refractivity contribution in [2.75, 3.05) is 26.3 Å². The van der Waals surface area contributed by atoms with Gasteiger partial charge in [-0.15, -0.1) is 0 Å². The number of hydrogen-bond donors (Lipinski definition) is 4. The molecule has 0 aliphatic heterocycles. The Hall–Kier alpha value is -4.18. The Labute approximate surface area is 376 Å². The molecule has 0 aromatic rings. The molecule has 0 bridgehead atoms. The van der Waals surface area contributed by atoms with Crippen LogP contribution in [0.2, 0.25) is 0 Å². The zero-order valence-corrected chi connectivity index (χ0v) is 38.1. The van der Waals surface area contributed by atoms with Crippen LogP contribution in [-0.2, 0) is 47.9 Å². The number of fused-ring (bicyclic) bond motifs is 10. The van der Waals surface area contributed by atoms with Gasteiger partial charge in [0.05, 0.1) is 11.4 Å². The second kappa shape index (κ2) is 18.2. The molecule has 16 nitrogen and oxygen atoms in total. The van der Waals surface area contributed by atoms with E-state index in [-0.39, 0.29) is 85.7 Å². The molecule has 8 rings (SSSR count). The SMILES string of the molecule is C[C@]12C(OC(=O)/C=C/C(=O)OC3CC(=NOCCN)CC4C(NC=O)C[C@@H]5[C@@H](CC[C@]6(C)C(=O)CC[C@@H]56)[C@@]34C)CC(=NOCCN)CC1C(NC=O)C[C@@H]1[C@H]2CC[C@]2(C)C(=O)CC[C@@H]12. The highest BCUT2D eigenvalue weighted by atomic mass is 16.6. The van der Waals surface area contributed by atoms with Gasteiger partial charge < -0.3 is 41.2 Å². The van der Waals surface area contributed by atoms with Crippen LogP contribution < -0.4 is 22.1 Å². The van der Waals surface area contributed by atoms with Gasteiger partial charge in [-0.3, -0.25) is 19.2 Å². The van der Waals surface area contributed by atoms with Crippen molar-refractivity contribution >= 4 is 47.7 Å². The molecule has 0 heterocycles. The standard InChI is InChI=1S/C48H70N6O10/c1-45-13-11-33-29(31(45)5-7-39(45)57)23-37(51-25-55)35-19-27(53-61-17-15-49)21-41(47(33,35)3)63-43(59)9-10-44(60)64-42-22-28(54-62-18-16-50)20-36-38(52-26-56)24-30-32-6-8-40(58)46(32,2)14-12-34(30)48(36,42)4/h9-10,25-26,29-38,41-42H,5-8,11-24,49-50H2,1-4H3,(H,51,55)(H,52,56)/b10-9+,53-27?,54-28?/t29-,30-,31-,32-,33+,34+,35?,36?,37?,38?,41?,42?,45-,46-,47+,48+/m0/s1. The van der Waals surface area contributed by atoms with Crippen molar-refractivity contribution < 1.29 is 47.9 Å². The van der Waals surface area contributed by atoms with Crippen molar-refractivity contribution in [3.8, 4) is 0 Å². The van der Waals surface area contributed by atoms with Gasteiger partial charge in [-0.2, -0.15) is 0 Å². The van der Waals surface area contributed by atoms with Crippen LogP contribution in [0.3, 0.4) is 0 Å². The van der Waals surface area contributed by atoms with Crippen LogP contribution in [0, 0.1) is 69.0 Å². The lowest BCUT2D eigenvalue weighted by Crippen LogP contribution is -2.65. The number of carbonyl (C=O) groups is 6. The number of hydrogen-bond acceptors (Lipinski definition) is 14. The number of ether oxygens (including phenoxy) is 2. The number of amides is 2. The van der Waals surface area contributed by atoms with Gasteiger partial charge in [-0.1, -0.05) is 38.0 Å². The van der Waals surface area contributed by atoms with Crippen molar-refractivity contribution in [3.05, 3.63) is 12.2 Å². The molecule has 0 saturated heterocycles. The highest BCUT2D eigenvalue weighted by Gasteiger charge is 2.67. The fraction of sp³-hybridized carbons (Fsp3) is 0.792. The minimum absolute atomic E-state index is 0.117. The minimum atomic E-state index is -0.708. The van der Waals surface area contributed by atoms with E-state index < -0.39 is 45.8 Å². The molecule has 0 aromatic carbocycles. The van der Waals surface area contributed by atoms with Gasteiger partial charge in [-0.05, 0) is 112 Å².